The maximum absolute atomic E-state index is 5.50. The van der Waals surface area contributed by atoms with E-state index in [0.717, 1.165) is 45.1 Å². The predicted molar refractivity (Wildman–Crippen MR) is 182 cm³/mol. The molecule has 0 aliphatic heterocycles. The van der Waals surface area contributed by atoms with Crippen LogP contribution in [0.5, 0.6) is 0 Å². The Kier molecular flexibility index (Phi) is 5.24. The first-order chi connectivity index (χ1) is 21.6. The Morgan fingerprint density at radius 3 is 2.07 bits per heavy atom. The van der Waals surface area contributed by atoms with Crippen LogP contribution in [-0.2, 0) is 5.41 Å². The molecule has 0 spiro atoms. The van der Waals surface area contributed by atoms with E-state index in [1.807, 2.05) is 0 Å². The van der Waals surface area contributed by atoms with Crippen LogP contribution in [0.4, 0.5) is 0 Å². The zero-order valence-electron chi connectivity index (χ0n) is 24.6. The van der Waals surface area contributed by atoms with Gasteiger partial charge >= 0.3 is 0 Å². The second-order valence-electron chi connectivity index (χ2n) is 12.3. The zero-order valence-corrected chi connectivity index (χ0v) is 24.6. The molecule has 44 heavy (non-hydrogen) atoms. The Hall–Kier alpha value is -5.54. The molecule has 0 fully saturated rings. The molecule has 0 atom stereocenters. The standard InChI is InChI=1S/C41H29N3/c1-41(2)34-21-10-8-20-32(34)38-37(41)40(43-39(42-38)30-18-12-17-27(23-30)26-13-4-3-5-14-26)44-35-22-11-9-19-31(35)33-24-28-15-6-7-16-29(28)25-36(33)44/h3-25H,1-2H3. The van der Waals surface area contributed by atoms with E-state index in [0.29, 0.717) is 0 Å². The molecule has 0 N–H and O–H groups in total. The fourth-order valence-electron chi connectivity index (χ4n) is 7.23. The SMILES string of the molecule is CC1(C)c2ccccc2-c2nc(-c3cccc(-c4ccccc4)c3)nc(-n3c4ccccc4c4cc5ccccc5cc43)c21. The maximum atomic E-state index is 5.50. The molecular formula is C41H29N3. The maximum Gasteiger partial charge on any atom is 0.162 e. The van der Waals surface area contributed by atoms with Crippen molar-refractivity contribution in [3.63, 3.8) is 0 Å². The highest BCUT2D eigenvalue weighted by Gasteiger charge is 2.40. The molecule has 3 heteroatoms. The molecule has 1 aliphatic rings. The lowest BCUT2D eigenvalue weighted by Crippen LogP contribution is -2.19. The predicted octanol–water partition coefficient (Wildman–Crippen LogP) is 10.4. The van der Waals surface area contributed by atoms with Crippen LogP contribution in [0, 0.1) is 0 Å². The molecule has 3 nitrogen and oxygen atoms in total. The van der Waals surface area contributed by atoms with Gasteiger partial charge in [-0.25, -0.2) is 9.97 Å². The third kappa shape index (κ3) is 3.56. The first-order valence-corrected chi connectivity index (χ1v) is 15.2. The molecule has 1 aliphatic carbocycles. The highest BCUT2D eigenvalue weighted by atomic mass is 15.1. The number of hydrogen-bond acceptors (Lipinski definition) is 2. The van der Waals surface area contributed by atoms with Gasteiger partial charge in [-0.15, -0.1) is 0 Å². The van der Waals surface area contributed by atoms with Crippen molar-refractivity contribution in [1.82, 2.24) is 14.5 Å². The molecule has 2 heterocycles. The summed E-state index contributed by atoms with van der Waals surface area (Å²) in [7, 11) is 0. The van der Waals surface area contributed by atoms with Gasteiger partial charge in [-0.2, -0.15) is 0 Å². The average molecular weight is 564 g/mol. The van der Waals surface area contributed by atoms with E-state index in [1.165, 1.54) is 38.2 Å². The summed E-state index contributed by atoms with van der Waals surface area (Å²) in [6, 6.07) is 49.8. The third-order valence-corrected chi connectivity index (χ3v) is 9.35. The molecule has 9 rings (SSSR count). The lowest BCUT2D eigenvalue weighted by Gasteiger charge is -2.24. The number of aromatic nitrogens is 3. The quantitative estimate of drug-likeness (QED) is 0.214. The average Bonchev–Trinajstić information content (AvgIpc) is 3.52. The summed E-state index contributed by atoms with van der Waals surface area (Å²) in [5.41, 5.74) is 10.0. The molecule has 0 amide bonds. The van der Waals surface area contributed by atoms with Gasteiger partial charge in [0.2, 0.25) is 0 Å². The minimum absolute atomic E-state index is 0.278. The van der Waals surface area contributed by atoms with Gasteiger partial charge in [-0.05, 0) is 51.7 Å². The van der Waals surface area contributed by atoms with Gasteiger partial charge in [0, 0.05) is 32.9 Å². The van der Waals surface area contributed by atoms with Crippen LogP contribution in [0.1, 0.15) is 25.0 Å². The molecule has 0 radical (unpaired) electrons. The van der Waals surface area contributed by atoms with Gasteiger partial charge < -0.3 is 0 Å². The molecule has 208 valence electrons. The number of benzene rings is 6. The summed E-state index contributed by atoms with van der Waals surface area (Å²) >= 11 is 0. The Labute approximate surface area is 256 Å². The van der Waals surface area contributed by atoms with Crippen molar-refractivity contribution in [2.24, 2.45) is 0 Å². The smallest absolute Gasteiger partial charge is 0.162 e. The third-order valence-electron chi connectivity index (χ3n) is 9.35. The van der Waals surface area contributed by atoms with E-state index in [2.05, 4.69) is 158 Å². The second kappa shape index (κ2) is 9.23. The molecule has 8 aromatic rings. The summed E-state index contributed by atoms with van der Waals surface area (Å²) < 4.78 is 2.38. The van der Waals surface area contributed by atoms with Crippen molar-refractivity contribution in [2.45, 2.75) is 19.3 Å². The lowest BCUT2D eigenvalue weighted by molar-refractivity contribution is 0.650. The number of rotatable bonds is 3. The molecule has 0 bridgehead atoms. The Morgan fingerprint density at radius 1 is 0.523 bits per heavy atom. The van der Waals surface area contributed by atoms with Gasteiger partial charge in [-0.1, -0.05) is 129 Å². The fraction of sp³-hybridized carbons (Fsp3) is 0.0732. The van der Waals surface area contributed by atoms with Crippen LogP contribution in [0.25, 0.3) is 72.2 Å². The van der Waals surface area contributed by atoms with Crippen molar-refractivity contribution < 1.29 is 0 Å². The minimum Gasteiger partial charge on any atom is -0.293 e. The van der Waals surface area contributed by atoms with Crippen molar-refractivity contribution in [1.29, 1.82) is 0 Å². The van der Waals surface area contributed by atoms with Crippen molar-refractivity contribution >= 4 is 32.6 Å². The van der Waals surface area contributed by atoms with Crippen molar-refractivity contribution in [3.8, 4) is 39.6 Å². The van der Waals surface area contributed by atoms with Crippen LogP contribution in [0.3, 0.4) is 0 Å². The molecule has 0 saturated carbocycles. The van der Waals surface area contributed by atoms with E-state index in [1.54, 1.807) is 0 Å². The molecule has 0 unspecified atom stereocenters. The normalized spacial score (nSPS) is 13.4. The van der Waals surface area contributed by atoms with Crippen LogP contribution in [-0.4, -0.2) is 14.5 Å². The van der Waals surface area contributed by atoms with Gasteiger partial charge in [0.25, 0.3) is 0 Å². The van der Waals surface area contributed by atoms with Crippen LogP contribution < -0.4 is 0 Å². The van der Waals surface area contributed by atoms with E-state index in [-0.39, 0.29) is 5.41 Å². The Balaban J connectivity index is 1.40. The topological polar surface area (TPSA) is 30.7 Å². The van der Waals surface area contributed by atoms with Crippen molar-refractivity contribution in [2.75, 3.05) is 0 Å². The highest BCUT2D eigenvalue weighted by Crippen LogP contribution is 2.51. The Morgan fingerprint density at radius 2 is 1.20 bits per heavy atom. The van der Waals surface area contributed by atoms with Crippen LogP contribution in [0.2, 0.25) is 0 Å². The second-order valence-corrected chi connectivity index (χ2v) is 12.3. The number of nitrogens with zero attached hydrogens (tertiary/aromatic N) is 3. The molecule has 6 aromatic carbocycles. The highest BCUT2D eigenvalue weighted by molar-refractivity contribution is 6.13. The molecular weight excluding hydrogens is 534 g/mol. The molecule has 2 aromatic heterocycles. The number of fused-ring (bicyclic) bond motifs is 7. The number of hydrogen-bond donors (Lipinski definition) is 0. The van der Waals surface area contributed by atoms with Crippen LogP contribution >= 0.6 is 0 Å². The van der Waals surface area contributed by atoms with Crippen LogP contribution in [0.15, 0.2) is 140 Å². The summed E-state index contributed by atoms with van der Waals surface area (Å²) in [5.74, 6) is 1.67. The summed E-state index contributed by atoms with van der Waals surface area (Å²) in [4.78, 5) is 10.9. The van der Waals surface area contributed by atoms with E-state index in [4.69, 9.17) is 9.97 Å². The summed E-state index contributed by atoms with van der Waals surface area (Å²) in [5, 5.41) is 4.91. The first kappa shape index (κ1) is 25.0. The fourth-order valence-corrected chi connectivity index (χ4v) is 7.23. The van der Waals surface area contributed by atoms with E-state index in [9.17, 15) is 0 Å². The first-order valence-electron chi connectivity index (χ1n) is 15.2. The number of para-hydroxylation sites is 1. The summed E-state index contributed by atoms with van der Waals surface area (Å²) in [6.45, 7) is 4.62. The minimum atomic E-state index is -0.278. The molecule has 0 saturated heterocycles. The monoisotopic (exact) mass is 563 g/mol. The van der Waals surface area contributed by atoms with Gasteiger partial charge in [0.1, 0.15) is 5.82 Å². The Bertz CT molecular complexity index is 2410. The van der Waals surface area contributed by atoms with Gasteiger partial charge in [-0.3, -0.25) is 4.57 Å². The van der Waals surface area contributed by atoms with Gasteiger partial charge in [0.05, 0.1) is 16.7 Å². The van der Waals surface area contributed by atoms with Gasteiger partial charge in [0.15, 0.2) is 5.82 Å². The lowest BCUT2D eigenvalue weighted by atomic mass is 9.82. The summed E-state index contributed by atoms with van der Waals surface area (Å²) in [6.07, 6.45) is 0. The zero-order chi connectivity index (χ0) is 29.4. The van der Waals surface area contributed by atoms with E-state index >= 15 is 0 Å². The van der Waals surface area contributed by atoms with Crippen molar-refractivity contribution in [3.05, 3.63) is 151 Å². The van der Waals surface area contributed by atoms with E-state index < -0.39 is 0 Å². The largest absolute Gasteiger partial charge is 0.293 e.